The van der Waals surface area contributed by atoms with Gasteiger partial charge >= 0.3 is 0 Å². The van der Waals surface area contributed by atoms with Crippen LogP contribution in [-0.2, 0) is 0 Å². The van der Waals surface area contributed by atoms with Crippen LogP contribution < -0.4 is 4.74 Å². The summed E-state index contributed by atoms with van der Waals surface area (Å²) in [6, 6.07) is 8.76. The molecule has 4 atom stereocenters. The van der Waals surface area contributed by atoms with Crippen molar-refractivity contribution in [3.05, 3.63) is 41.5 Å². The lowest BCUT2D eigenvalue weighted by molar-refractivity contribution is 0.136. The van der Waals surface area contributed by atoms with Crippen LogP contribution in [0.1, 0.15) is 45.1 Å². The molecule has 0 radical (unpaired) electrons. The van der Waals surface area contributed by atoms with Crippen LogP contribution in [0.3, 0.4) is 0 Å². The van der Waals surface area contributed by atoms with Gasteiger partial charge in [-0.15, -0.1) is 0 Å². The summed E-state index contributed by atoms with van der Waals surface area (Å²) >= 11 is 0. The topological polar surface area (TPSA) is 9.23 Å². The van der Waals surface area contributed by atoms with E-state index in [1.54, 1.807) is 12.7 Å². The van der Waals surface area contributed by atoms with E-state index in [1.807, 2.05) is 0 Å². The zero-order valence-electron chi connectivity index (χ0n) is 13.1. The first kappa shape index (κ1) is 13.7. The summed E-state index contributed by atoms with van der Waals surface area (Å²) in [5.74, 6) is 4.84. The highest BCUT2D eigenvalue weighted by Crippen LogP contribution is 2.53. The Balaban J connectivity index is 1.90. The molecule has 0 saturated heterocycles. The molecule has 0 unspecified atom stereocenters. The van der Waals surface area contributed by atoms with E-state index in [4.69, 9.17) is 4.74 Å². The Hall–Kier alpha value is -1.24. The number of benzene rings is 1. The van der Waals surface area contributed by atoms with Crippen molar-refractivity contribution in [2.45, 2.75) is 39.5 Å². The molecule has 1 fully saturated rings. The molecule has 1 aromatic carbocycles. The second-order valence-electron chi connectivity index (χ2n) is 6.94. The zero-order chi connectivity index (χ0) is 14.3. The first-order valence-corrected chi connectivity index (χ1v) is 7.92. The minimum Gasteiger partial charge on any atom is -0.497 e. The molecule has 1 aromatic rings. The van der Waals surface area contributed by atoms with Crippen LogP contribution in [-0.4, -0.2) is 7.11 Å². The lowest BCUT2D eigenvalue weighted by atomic mass is 9.57. The molecule has 0 spiro atoms. The molecular weight excluding hydrogens is 244 g/mol. The molecule has 0 heterocycles. The second kappa shape index (κ2) is 5.27. The van der Waals surface area contributed by atoms with E-state index < -0.39 is 0 Å². The summed E-state index contributed by atoms with van der Waals surface area (Å²) in [5, 5.41) is 0. The third-order valence-corrected chi connectivity index (χ3v) is 5.55. The van der Waals surface area contributed by atoms with E-state index >= 15 is 0 Å². The van der Waals surface area contributed by atoms with Crippen molar-refractivity contribution in [2.24, 2.45) is 23.7 Å². The van der Waals surface area contributed by atoms with Crippen molar-refractivity contribution in [2.75, 3.05) is 7.11 Å². The van der Waals surface area contributed by atoms with Gasteiger partial charge < -0.3 is 4.74 Å². The number of rotatable bonds is 3. The number of allylic oxidation sites excluding steroid dienone is 2. The third-order valence-electron chi connectivity index (χ3n) is 5.55. The lowest BCUT2D eigenvalue weighted by Crippen LogP contribution is -2.37. The highest BCUT2D eigenvalue weighted by molar-refractivity contribution is 5.33. The Morgan fingerprint density at radius 3 is 2.35 bits per heavy atom. The van der Waals surface area contributed by atoms with Gasteiger partial charge in [0.15, 0.2) is 0 Å². The number of ether oxygens (including phenoxy) is 1. The van der Waals surface area contributed by atoms with Crippen LogP contribution in [0, 0.1) is 23.7 Å². The fourth-order valence-corrected chi connectivity index (χ4v) is 4.32. The van der Waals surface area contributed by atoms with Gasteiger partial charge in [-0.25, -0.2) is 0 Å². The van der Waals surface area contributed by atoms with E-state index in [0.29, 0.717) is 5.92 Å². The molecule has 1 nitrogen and oxygen atoms in total. The summed E-state index contributed by atoms with van der Waals surface area (Å²) in [5.41, 5.74) is 3.13. The fraction of sp³-hybridized carbons (Fsp3) is 0.579. The molecule has 4 rings (SSSR count). The minimum atomic E-state index is 0.704. The molecule has 3 aliphatic carbocycles. The zero-order valence-corrected chi connectivity index (χ0v) is 13.1. The van der Waals surface area contributed by atoms with Gasteiger partial charge in [0.1, 0.15) is 5.75 Å². The molecule has 1 heteroatoms. The summed E-state index contributed by atoms with van der Waals surface area (Å²) in [7, 11) is 1.73. The second-order valence-corrected chi connectivity index (χ2v) is 6.94. The van der Waals surface area contributed by atoms with Crippen molar-refractivity contribution in [1.29, 1.82) is 0 Å². The van der Waals surface area contributed by atoms with Crippen LogP contribution in [0.4, 0.5) is 0 Å². The quantitative estimate of drug-likeness (QED) is 0.699. The maximum absolute atomic E-state index is 5.28. The molecule has 0 amide bonds. The lowest BCUT2D eigenvalue weighted by Gasteiger charge is -2.48. The number of hydrogen-bond donors (Lipinski definition) is 0. The smallest absolute Gasteiger partial charge is 0.118 e. The average Bonchev–Trinajstić information content (AvgIpc) is 2.47. The first-order valence-electron chi connectivity index (χ1n) is 7.92. The van der Waals surface area contributed by atoms with Crippen molar-refractivity contribution < 1.29 is 4.74 Å². The molecule has 2 bridgehead atoms. The molecule has 0 aliphatic heterocycles. The van der Waals surface area contributed by atoms with Gasteiger partial charge in [0.2, 0.25) is 0 Å². The Bertz CT molecular complexity index is 497. The number of methoxy groups -OCH3 is 1. The Morgan fingerprint density at radius 2 is 1.80 bits per heavy atom. The highest BCUT2D eigenvalue weighted by Gasteiger charge is 2.42. The molecule has 1 saturated carbocycles. The first-order chi connectivity index (χ1) is 9.60. The number of fused-ring (bicyclic) bond motifs is 2. The van der Waals surface area contributed by atoms with Gasteiger partial charge in [-0.05, 0) is 67.1 Å². The molecule has 3 aliphatic rings. The van der Waals surface area contributed by atoms with E-state index in [0.717, 1.165) is 29.4 Å². The molecular formula is C19H26O. The standard InChI is InChI=1S/C19H26O/c1-12(2)17-10-15-11-18(19(17)9-13(15)3)14-5-7-16(20-4)8-6-14/h5-9,12,15,17-19H,10-11H2,1-4H3/t15-,17-,18+,19+/m0/s1. The summed E-state index contributed by atoms with van der Waals surface area (Å²) in [4.78, 5) is 0. The highest BCUT2D eigenvalue weighted by atomic mass is 16.5. The SMILES string of the molecule is COc1ccc([C@H]2C[C@@H]3C[C@@H](C(C)C)[C@H]2C=C3C)cc1. The largest absolute Gasteiger partial charge is 0.497 e. The van der Waals surface area contributed by atoms with E-state index in [1.165, 1.54) is 18.4 Å². The van der Waals surface area contributed by atoms with Crippen LogP contribution >= 0.6 is 0 Å². The molecule has 0 N–H and O–H groups in total. The van der Waals surface area contributed by atoms with Gasteiger partial charge in [0.05, 0.1) is 7.11 Å². The average molecular weight is 270 g/mol. The summed E-state index contributed by atoms with van der Waals surface area (Å²) < 4.78 is 5.28. The summed E-state index contributed by atoms with van der Waals surface area (Å²) in [6.45, 7) is 7.11. The Labute approximate surface area is 123 Å². The van der Waals surface area contributed by atoms with Gasteiger partial charge in [0.25, 0.3) is 0 Å². The predicted octanol–water partition coefficient (Wildman–Crippen LogP) is 5.04. The van der Waals surface area contributed by atoms with Gasteiger partial charge in [0, 0.05) is 0 Å². The molecule has 108 valence electrons. The minimum absolute atomic E-state index is 0.704. The fourth-order valence-electron chi connectivity index (χ4n) is 4.32. The van der Waals surface area contributed by atoms with Crippen LogP contribution in [0.5, 0.6) is 5.75 Å². The monoisotopic (exact) mass is 270 g/mol. The normalized spacial score (nSPS) is 32.4. The third kappa shape index (κ3) is 2.28. The van der Waals surface area contributed by atoms with Crippen molar-refractivity contribution in [3.63, 3.8) is 0 Å². The van der Waals surface area contributed by atoms with Gasteiger partial charge in [-0.3, -0.25) is 0 Å². The van der Waals surface area contributed by atoms with Gasteiger partial charge in [-0.1, -0.05) is 37.6 Å². The van der Waals surface area contributed by atoms with Crippen LogP contribution in [0.15, 0.2) is 35.9 Å². The maximum Gasteiger partial charge on any atom is 0.118 e. The molecule has 20 heavy (non-hydrogen) atoms. The van der Waals surface area contributed by atoms with Crippen LogP contribution in [0.2, 0.25) is 0 Å². The van der Waals surface area contributed by atoms with E-state index in [9.17, 15) is 0 Å². The van der Waals surface area contributed by atoms with Gasteiger partial charge in [-0.2, -0.15) is 0 Å². The van der Waals surface area contributed by atoms with Crippen molar-refractivity contribution in [3.8, 4) is 5.75 Å². The maximum atomic E-state index is 5.28. The summed E-state index contributed by atoms with van der Waals surface area (Å²) in [6.07, 6.45) is 5.32. The molecule has 0 aromatic heterocycles. The number of hydrogen-bond acceptors (Lipinski definition) is 1. The van der Waals surface area contributed by atoms with E-state index in [-0.39, 0.29) is 0 Å². The Kier molecular flexibility index (Phi) is 3.62. The van der Waals surface area contributed by atoms with Crippen molar-refractivity contribution in [1.82, 2.24) is 0 Å². The predicted molar refractivity (Wildman–Crippen MR) is 84.0 cm³/mol. The Morgan fingerprint density at radius 1 is 1.10 bits per heavy atom. The van der Waals surface area contributed by atoms with Crippen LogP contribution in [0.25, 0.3) is 0 Å². The van der Waals surface area contributed by atoms with E-state index in [2.05, 4.69) is 51.1 Å². The van der Waals surface area contributed by atoms with Crippen molar-refractivity contribution >= 4 is 0 Å².